The number of piperazine rings is 1. The Bertz CT molecular complexity index is 908. The fraction of sp³-hybridized carbons (Fsp3) is 0.391. The van der Waals surface area contributed by atoms with Gasteiger partial charge in [-0.05, 0) is 49.6 Å². The van der Waals surface area contributed by atoms with E-state index in [1.165, 1.54) is 0 Å². The minimum Gasteiger partial charge on any atom is -0.490 e. The van der Waals surface area contributed by atoms with Crippen LogP contribution in [0.15, 0.2) is 48.5 Å². The maximum absolute atomic E-state index is 12.6. The molecule has 30 heavy (non-hydrogen) atoms. The Kier molecular flexibility index (Phi) is 6.43. The molecule has 0 bridgehead atoms. The lowest BCUT2D eigenvalue weighted by Gasteiger charge is -2.36. The third kappa shape index (κ3) is 4.87. The first-order chi connectivity index (χ1) is 14.6. The minimum atomic E-state index is -0.282. The van der Waals surface area contributed by atoms with Crippen LogP contribution in [0.5, 0.6) is 5.75 Å². The number of anilines is 1. The van der Waals surface area contributed by atoms with Gasteiger partial charge in [0.25, 0.3) is 5.91 Å². The maximum Gasteiger partial charge on any atom is 0.255 e. The van der Waals surface area contributed by atoms with Crippen molar-refractivity contribution >= 4 is 29.1 Å². The van der Waals surface area contributed by atoms with Crippen LogP contribution >= 0.6 is 11.6 Å². The predicted molar refractivity (Wildman–Crippen MR) is 117 cm³/mol. The topological polar surface area (TPSA) is 61.9 Å². The standard InChI is InChI=1S/C23H26ClN3O3/c24-17-5-3-6-18(15-17)26-11-13-27(14-12-26)22(28)16-25-23(29)20-9-1-2-10-21(20)30-19-7-4-8-19/h1-3,5-6,9-10,15,19H,4,7-8,11-14,16H2,(H,25,29). The van der Waals surface area contributed by atoms with Crippen LogP contribution in [0.1, 0.15) is 29.6 Å². The molecule has 0 aromatic heterocycles. The van der Waals surface area contributed by atoms with Gasteiger partial charge < -0.3 is 19.9 Å². The molecule has 1 heterocycles. The van der Waals surface area contributed by atoms with Gasteiger partial charge in [0.15, 0.2) is 0 Å². The number of carbonyl (C=O) groups excluding carboxylic acids is 2. The molecule has 6 nitrogen and oxygen atoms in total. The summed E-state index contributed by atoms with van der Waals surface area (Å²) in [6.07, 6.45) is 3.40. The zero-order chi connectivity index (χ0) is 20.9. The molecular formula is C23H26ClN3O3. The van der Waals surface area contributed by atoms with E-state index in [1.807, 2.05) is 36.4 Å². The molecule has 1 saturated heterocycles. The Balaban J connectivity index is 1.27. The summed E-state index contributed by atoms with van der Waals surface area (Å²) in [6.45, 7) is 2.68. The molecule has 0 spiro atoms. The van der Waals surface area contributed by atoms with Crippen molar-refractivity contribution in [3.63, 3.8) is 0 Å². The molecule has 7 heteroatoms. The molecule has 2 aromatic carbocycles. The summed E-state index contributed by atoms with van der Waals surface area (Å²) in [6, 6.07) is 14.9. The van der Waals surface area contributed by atoms with Gasteiger partial charge in [-0.3, -0.25) is 9.59 Å². The Labute approximate surface area is 181 Å². The fourth-order valence-electron chi connectivity index (χ4n) is 3.67. The van der Waals surface area contributed by atoms with Crippen LogP contribution < -0.4 is 15.0 Å². The summed E-state index contributed by atoms with van der Waals surface area (Å²) >= 11 is 6.07. The maximum atomic E-state index is 12.6. The average molecular weight is 428 g/mol. The molecule has 0 atom stereocenters. The number of benzene rings is 2. The van der Waals surface area contributed by atoms with Crippen molar-refractivity contribution in [2.24, 2.45) is 0 Å². The van der Waals surface area contributed by atoms with Crippen molar-refractivity contribution in [3.05, 3.63) is 59.1 Å². The van der Waals surface area contributed by atoms with E-state index in [0.717, 1.165) is 38.0 Å². The largest absolute Gasteiger partial charge is 0.490 e. The van der Waals surface area contributed by atoms with E-state index >= 15 is 0 Å². The molecule has 2 aromatic rings. The van der Waals surface area contributed by atoms with Gasteiger partial charge in [-0.15, -0.1) is 0 Å². The number of para-hydroxylation sites is 1. The molecule has 4 rings (SSSR count). The molecule has 1 aliphatic heterocycles. The zero-order valence-electron chi connectivity index (χ0n) is 16.9. The average Bonchev–Trinajstić information content (AvgIpc) is 2.75. The van der Waals surface area contributed by atoms with Gasteiger partial charge in [0.1, 0.15) is 5.75 Å². The lowest BCUT2D eigenvalue weighted by Crippen LogP contribution is -2.51. The Morgan fingerprint density at radius 3 is 2.50 bits per heavy atom. The predicted octanol–water partition coefficient (Wildman–Crippen LogP) is 3.35. The second-order valence-electron chi connectivity index (χ2n) is 7.70. The van der Waals surface area contributed by atoms with Gasteiger partial charge in [0, 0.05) is 36.9 Å². The number of hydrogen-bond donors (Lipinski definition) is 1. The van der Waals surface area contributed by atoms with Gasteiger partial charge in [-0.2, -0.15) is 0 Å². The summed E-state index contributed by atoms with van der Waals surface area (Å²) in [5, 5.41) is 3.46. The highest BCUT2D eigenvalue weighted by Crippen LogP contribution is 2.27. The number of nitrogens with one attached hydrogen (secondary N) is 1. The summed E-state index contributed by atoms with van der Waals surface area (Å²) in [7, 11) is 0. The van der Waals surface area contributed by atoms with Gasteiger partial charge in [0.05, 0.1) is 18.2 Å². The third-order valence-electron chi connectivity index (χ3n) is 5.68. The third-order valence-corrected chi connectivity index (χ3v) is 5.92. The second kappa shape index (κ2) is 9.39. The van der Waals surface area contributed by atoms with Crippen molar-refractivity contribution in [1.82, 2.24) is 10.2 Å². The molecular weight excluding hydrogens is 402 g/mol. The summed E-state index contributed by atoms with van der Waals surface area (Å²) in [5.41, 5.74) is 1.54. The van der Waals surface area contributed by atoms with Gasteiger partial charge >= 0.3 is 0 Å². The molecule has 0 radical (unpaired) electrons. The Morgan fingerprint density at radius 1 is 1.03 bits per heavy atom. The molecule has 1 saturated carbocycles. The van der Waals surface area contributed by atoms with Crippen molar-refractivity contribution < 1.29 is 14.3 Å². The second-order valence-corrected chi connectivity index (χ2v) is 8.13. The normalized spacial score (nSPS) is 16.7. The summed E-state index contributed by atoms with van der Waals surface area (Å²) < 4.78 is 5.92. The van der Waals surface area contributed by atoms with Gasteiger partial charge in [-0.25, -0.2) is 0 Å². The van der Waals surface area contributed by atoms with Crippen LogP contribution in [-0.4, -0.2) is 55.5 Å². The van der Waals surface area contributed by atoms with E-state index in [9.17, 15) is 9.59 Å². The monoisotopic (exact) mass is 427 g/mol. The van der Waals surface area contributed by atoms with E-state index < -0.39 is 0 Å². The molecule has 2 fully saturated rings. The number of carbonyl (C=O) groups is 2. The van der Waals surface area contributed by atoms with E-state index in [2.05, 4.69) is 10.2 Å². The van der Waals surface area contributed by atoms with Gasteiger partial charge in [0.2, 0.25) is 5.91 Å². The van der Waals surface area contributed by atoms with Crippen LogP contribution in [0.2, 0.25) is 5.02 Å². The minimum absolute atomic E-state index is 0.0201. The van der Waals surface area contributed by atoms with Crippen LogP contribution in [0.4, 0.5) is 5.69 Å². The van der Waals surface area contributed by atoms with E-state index in [1.54, 1.807) is 17.0 Å². The first-order valence-corrected chi connectivity index (χ1v) is 10.8. The quantitative estimate of drug-likeness (QED) is 0.768. The highest BCUT2D eigenvalue weighted by molar-refractivity contribution is 6.30. The summed E-state index contributed by atoms with van der Waals surface area (Å²) in [4.78, 5) is 29.2. The molecule has 2 amide bonds. The number of halogens is 1. The van der Waals surface area contributed by atoms with Crippen molar-refractivity contribution in [2.45, 2.75) is 25.4 Å². The summed E-state index contributed by atoms with van der Waals surface area (Å²) in [5.74, 6) is 0.226. The number of rotatable bonds is 6. The van der Waals surface area contributed by atoms with Crippen molar-refractivity contribution in [3.8, 4) is 5.75 Å². The molecule has 158 valence electrons. The van der Waals surface area contributed by atoms with E-state index in [4.69, 9.17) is 16.3 Å². The van der Waals surface area contributed by atoms with Crippen LogP contribution in [0.25, 0.3) is 0 Å². The van der Waals surface area contributed by atoms with E-state index in [0.29, 0.717) is 29.4 Å². The highest BCUT2D eigenvalue weighted by atomic mass is 35.5. The number of nitrogens with zero attached hydrogens (tertiary/aromatic N) is 2. The lowest BCUT2D eigenvalue weighted by molar-refractivity contribution is -0.130. The number of ether oxygens (including phenoxy) is 1. The van der Waals surface area contributed by atoms with Crippen LogP contribution in [0, 0.1) is 0 Å². The van der Waals surface area contributed by atoms with Gasteiger partial charge in [-0.1, -0.05) is 29.8 Å². The number of amides is 2. The van der Waals surface area contributed by atoms with Crippen molar-refractivity contribution in [2.75, 3.05) is 37.6 Å². The Hall–Kier alpha value is -2.73. The molecule has 1 N–H and O–H groups in total. The first kappa shape index (κ1) is 20.5. The number of hydrogen-bond acceptors (Lipinski definition) is 4. The first-order valence-electron chi connectivity index (χ1n) is 10.4. The van der Waals surface area contributed by atoms with Crippen molar-refractivity contribution in [1.29, 1.82) is 0 Å². The fourth-order valence-corrected chi connectivity index (χ4v) is 3.86. The SMILES string of the molecule is O=C(NCC(=O)N1CCN(c2cccc(Cl)c2)CC1)c1ccccc1OC1CCC1. The smallest absolute Gasteiger partial charge is 0.255 e. The Morgan fingerprint density at radius 2 is 1.80 bits per heavy atom. The van der Waals surface area contributed by atoms with E-state index in [-0.39, 0.29) is 24.5 Å². The highest BCUT2D eigenvalue weighted by Gasteiger charge is 2.24. The lowest BCUT2D eigenvalue weighted by atomic mass is 9.96. The van der Waals surface area contributed by atoms with Crippen LogP contribution in [-0.2, 0) is 4.79 Å². The molecule has 1 aliphatic carbocycles. The molecule has 0 unspecified atom stereocenters. The molecule has 2 aliphatic rings. The zero-order valence-corrected chi connectivity index (χ0v) is 17.6. The van der Waals surface area contributed by atoms with Crippen LogP contribution in [0.3, 0.4) is 0 Å².